The number of imide groups is 2. The highest BCUT2D eigenvalue weighted by Crippen LogP contribution is 2.32. The molecule has 34 heavy (non-hydrogen) atoms. The van der Waals surface area contributed by atoms with Gasteiger partial charge in [-0.2, -0.15) is 0 Å². The Balaban J connectivity index is 1.77. The summed E-state index contributed by atoms with van der Waals surface area (Å²) < 4.78 is 8.66. The number of para-hydroxylation sites is 2. The van der Waals surface area contributed by atoms with Gasteiger partial charge in [-0.25, -0.2) is 9.69 Å². The molecule has 2 aromatic carbocycles. The van der Waals surface area contributed by atoms with E-state index < -0.39 is 17.8 Å². The molecule has 3 aromatic rings. The number of nitrogens with one attached hydrogen (secondary N) is 1. The van der Waals surface area contributed by atoms with Crippen LogP contribution in [0.4, 0.5) is 10.5 Å². The molecule has 0 spiro atoms. The van der Waals surface area contributed by atoms with Crippen molar-refractivity contribution in [2.75, 3.05) is 11.5 Å². The van der Waals surface area contributed by atoms with Gasteiger partial charge in [-0.05, 0) is 81.3 Å². The minimum atomic E-state index is -0.810. The average molecular weight is 522 g/mol. The predicted molar refractivity (Wildman–Crippen MR) is 134 cm³/mol. The van der Waals surface area contributed by atoms with Crippen molar-refractivity contribution in [3.63, 3.8) is 0 Å². The Bertz CT molecular complexity index is 1360. The molecule has 1 aromatic heterocycles. The first-order valence-electron chi connectivity index (χ1n) is 10.8. The molecule has 0 atom stereocenters. The summed E-state index contributed by atoms with van der Waals surface area (Å²) in [5, 5.41) is 2.28. The van der Waals surface area contributed by atoms with Gasteiger partial charge >= 0.3 is 6.03 Å². The third kappa shape index (κ3) is 4.17. The summed E-state index contributed by atoms with van der Waals surface area (Å²) in [7, 11) is 0. The smallest absolute Gasteiger partial charge is 0.336 e. The van der Waals surface area contributed by atoms with Crippen LogP contribution in [0.25, 0.3) is 11.8 Å². The van der Waals surface area contributed by atoms with Crippen molar-refractivity contribution in [3.05, 3.63) is 81.1 Å². The van der Waals surface area contributed by atoms with E-state index in [1.807, 2.05) is 45.9 Å². The van der Waals surface area contributed by atoms with E-state index in [0.29, 0.717) is 17.9 Å². The van der Waals surface area contributed by atoms with Crippen molar-refractivity contribution in [2.45, 2.75) is 27.7 Å². The summed E-state index contributed by atoms with van der Waals surface area (Å²) in [5.74, 6) is -1.05. The van der Waals surface area contributed by atoms with Crippen LogP contribution >= 0.6 is 15.9 Å². The molecule has 1 aliphatic rings. The van der Waals surface area contributed by atoms with E-state index >= 15 is 0 Å². The van der Waals surface area contributed by atoms with Crippen molar-refractivity contribution in [1.82, 2.24) is 9.88 Å². The quantitative estimate of drug-likeness (QED) is 0.368. The molecule has 1 aliphatic heterocycles. The second-order valence-corrected chi connectivity index (χ2v) is 8.81. The second-order valence-electron chi connectivity index (χ2n) is 7.95. The minimum absolute atomic E-state index is 0.127. The lowest BCUT2D eigenvalue weighted by atomic mass is 10.1. The van der Waals surface area contributed by atoms with Gasteiger partial charge in [0.1, 0.15) is 11.3 Å². The van der Waals surface area contributed by atoms with Gasteiger partial charge in [0.15, 0.2) is 0 Å². The average Bonchev–Trinajstić information content (AvgIpc) is 3.07. The van der Waals surface area contributed by atoms with E-state index in [1.165, 1.54) is 6.08 Å². The molecule has 1 fully saturated rings. The minimum Gasteiger partial charge on any atom is -0.492 e. The lowest BCUT2D eigenvalue weighted by Crippen LogP contribution is -2.54. The van der Waals surface area contributed by atoms with E-state index in [-0.39, 0.29) is 11.3 Å². The number of hydrogen-bond acceptors (Lipinski definition) is 4. The van der Waals surface area contributed by atoms with Crippen molar-refractivity contribution in [1.29, 1.82) is 0 Å². The van der Waals surface area contributed by atoms with Gasteiger partial charge in [0.25, 0.3) is 11.8 Å². The Morgan fingerprint density at radius 2 is 1.76 bits per heavy atom. The van der Waals surface area contributed by atoms with E-state index in [1.54, 1.807) is 24.3 Å². The topological polar surface area (TPSA) is 80.6 Å². The monoisotopic (exact) mass is 521 g/mol. The number of carbonyl (C=O) groups is 3. The molecule has 0 saturated carbocycles. The third-order valence-electron chi connectivity index (χ3n) is 5.68. The fraction of sp³-hybridized carbons (Fsp3) is 0.192. The molecule has 0 radical (unpaired) electrons. The van der Waals surface area contributed by atoms with Gasteiger partial charge in [0, 0.05) is 21.5 Å². The SMILES string of the molecule is CCOc1ccccc1N1C(=O)NC(=O)/C(=C\c2cc(C)n(-c3ccc(Br)c(C)c3)c2C)C1=O. The molecule has 2 heterocycles. The van der Waals surface area contributed by atoms with Gasteiger partial charge < -0.3 is 9.30 Å². The molecule has 1 saturated heterocycles. The first-order chi connectivity index (χ1) is 16.2. The summed E-state index contributed by atoms with van der Waals surface area (Å²) in [6, 6.07) is 13.9. The van der Waals surface area contributed by atoms with Crippen molar-refractivity contribution < 1.29 is 19.1 Å². The molecule has 0 aliphatic carbocycles. The van der Waals surface area contributed by atoms with E-state index in [0.717, 1.165) is 32.0 Å². The second kappa shape index (κ2) is 9.30. The summed E-state index contributed by atoms with van der Waals surface area (Å²) >= 11 is 3.53. The largest absolute Gasteiger partial charge is 0.492 e. The summed E-state index contributed by atoms with van der Waals surface area (Å²) in [5.41, 5.74) is 4.74. The van der Waals surface area contributed by atoms with Crippen LogP contribution in [0.5, 0.6) is 5.75 Å². The van der Waals surface area contributed by atoms with Crippen LogP contribution in [0.2, 0.25) is 0 Å². The van der Waals surface area contributed by atoms with Crippen LogP contribution in [-0.4, -0.2) is 29.0 Å². The predicted octanol–water partition coefficient (Wildman–Crippen LogP) is 5.23. The van der Waals surface area contributed by atoms with E-state index in [9.17, 15) is 14.4 Å². The Morgan fingerprint density at radius 3 is 2.47 bits per heavy atom. The number of carbonyl (C=O) groups excluding carboxylic acids is 3. The molecular weight excluding hydrogens is 498 g/mol. The molecule has 4 rings (SSSR count). The van der Waals surface area contributed by atoms with Crippen LogP contribution in [-0.2, 0) is 9.59 Å². The van der Waals surface area contributed by atoms with Crippen LogP contribution in [0.1, 0.15) is 29.4 Å². The first-order valence-corrected chi connectivity index (χ1v) is 11.6. The maximum atomic E-state index is 13.4. The maximum absolute atomic E-state index is 13.4. The Morgan fingerprint density at radius 1 is 1.03 bits per heavy atom. The van der Waals surface area contributed by atoms with Crippen LogP contribution < -0.4 is 15.0 Å². The van der Waals surface area contributed by atoms with Crippen molar-refractivity contribution in [2.24, 2.45) is 0 Å². The van der Waals surface area contributed by atoms with Gasteiger partial charge in [-0.3, -0.25) is 14.9 Å². The lowest BCUT2D eigenvalue weighted by Gasteiger charge is -2.27. The number of aromatic nitrogens is 1. The number of urea groups is 1. The molecule has 1 N–H and O–H groups in total. The Hall–Kier alpha value is -3.65. The molecule has 4 amide bonds. The highest BCUT2D eigenvalue weighted by Gasteiger charge is 2.38. The Labute approximate surface area is 206 Å². The van der Waals surface area contributed by atoms with E-state index in [4.69, 9.17) is 4.74 Å². The van der Waals surface area contributed by atoms with Crippen molar-refractivity contribution >= 4 is 45.5 Å². The number of benzene rings is 2. The third-order valence-corrected chi connectivity index (χ3v) is 6.57. The van der Waals surface area contributed by atoms with Gasteiger partial charge in [0.2, 0.25) is 0 Å². The number of aryl methyl sites for hydroxylation is 2. The zero-order chi connectivity index (χ0) is 24.6. The summed E-state index contributed by atoms with van der Waals surface area (Å²) in [4.78, 5) is 39.6. The number of anilines is 1. The summed E-state index contributed by atoms with van der Waals surface area (Å²) in [6.45, 7) is 8.08. The summed E-state index contributed by atoms with van der Waals surface area (Å²) in [6.07, 6.45) is 1.53. The molecule has 174 valence electrons. The van der Waals surface area contributed by atoms with Crippen LogP contribution in [0.15, 0.2) is 58.6 Å². The molecule has 8 heteroatoms. The molecule has 7 nitrogen and oxygen atoms in total. The zero-order valence-corrected chi connectivity index (χ0v) is 20.9. The van der Waals surface area contributed by atoms with Gasteiger partial charge in [0.05, 0.1) is 12.3 Å². The Kier molecular flexibility index (Phi) is 6.43. The zero-order valence-electron chi connectivity index (χ0n) is 19.3. The van der Waals surface area contributed by atoms with E-state index in [2.05, 4.69) is 31.9 Å². The number of nitrogens with zero attached hydrogens (tertiary/aromatic N) is 2. The van der Waals surface area contributed by atoms with Crippen LogP contribution in [0, 0.1) is 20.8 Å². The molecular formula is C26H24BrN3O4. The normalized spacial score (nSPS) is 15.1. The fourth-order valence-electron chi connectivity index (χ4n) is 4.05. The number of ether oxygens (including phenoxy) is 1. The molecule has 0 unspecified atom stereocenters. The highest BCUT2D eigenvalue weighted by molar-refractivity contribution is 9.10. The van der Waals surface area contributed by atoms with Crippen LogP contribution in [0.3, 0.4) is 0 Å². The highest BCUT2D eigenvalue weighted by atomic mass is 79.9. The molecule has 0 bridgehead atoms. The number of halogens is 1. The number of amides is 4. The standard InChI is InChI=1S/C26H24BrN3O4/c1-5-34-23-9-7-6-8-22(23)30-25(32)20(24(31)28-26(30)33)14-18-13-16(3)29(17(18)4)19-10-11-21(27)15(2)12-19/h6-14H,5H2,1-4H3,(H,28,31,33)/b20-14+. The fourth-order valence-corrected chi connectivity index (χ4v) is 4.30. The first kappa shape index (κ1) is 23.5. The van der Waals surface area contributed by atoms with Gasteiger partial charge in [-0.1, -0.05) is 28.1 Å². The van der Waals surface area contributed by atoms with Gasteiger partial charge in [-0.15, -0.1) is 0 Å². The number of hydrogen-bond donors (Lipinski definition) is 1. The number of barbiturate groups is 1. The lowest BCUT2D eigenvalue weighted by molar-refractivity contribution is -0.122. The van der Waals surface area contributed by atoms with Crippen molar-refractivity contribution in [3.8, 4) is 11.4 Å². The maximum Gasteiger partial charge on any atom is 0.336 e. The number of rotatable bonds is 5.